The minimum atomic E-state index is -1.18. The first-order chi connectivity index (χ1) is 11.9. The molecule has 0 saturated heterocycles. The number of carbonyl (C=O) groups excluding carboxylic acids is 3. The number of amides is 2. The monoisotopic (exact) mass is 419 g/mol. The lowest BCUT2D eigenvalue weighted by atomic mass is 10.1. The summed E-state index contributed by atoms with van der Waals surface area (Å²) in [5, 5.41) is 3.10. The molecule has 0 aromatic carbocycles. The second-order valence-corrected chi connectivity index (χ2v) is 6.72. The molecule has 0 aliphatic rings. The Kier molecular flexibility index (Phi) is 14.1. The van der Waals surface area contributed by atoms with E-state index < -0.39 is 24.3 Å². The molecule has 1 unspecified atom stereocenters. The van der Waals surface area contributed by atoms with E-state index in [1.165, 1.54) is 0 Å². The lowest BCUT2D eigenvalue weighted by Gasteiger charge is -2.18. The molecule has 0 spiro atoms. The van der Waals surface area contributed by atoms with Crippen LogP contribution in [-0.2, 0) is 19.1 Å². The van der Waals surface area contributed by atoms with Gasteiger partial charge in [-0.3, -0.25) is 14.9 Å². The van der Waals surface area contributed by atoms with Crippen molar-refractivity contribution < 1.29 is 23.9 Å². The van der Waals surface area contributed by atoms with Crippen LogP contribution in [0.5, 0.6) is 0 Å². The van der Waals surface area contributed by atoms with Crippen LogP contribution in [0.25, 0.3) is 0 Å². The van der Waals surface area contributed by atoms with E-state index >= 15 is 0 Å². The zero-order valence-electron chi connectivity index (χ0n) is 15.3. The molecule has 6 nitrogen and oxygen atoms in total. The summed E-state index contributed by atoms with van der Waals surface area (Å²) in [7, 11) is 0. The maximum absolute atomic E-state index is 11.8. The number of unbranched alkanes of at least 4 members (excludes halogenated alkanes) is 5. The van der Waals surface area contributed by atoms with E-state index in [0.29, 0.717) is 12.0 Å². The van der Waals surface area contributed by atoms with Crippen molar-refractivity contribution in [1.29, 1.82) is 0 Å². The SMILES string of the molecule is C=C(C)C(OC(=O)CCCCCCCBr)OC(=O)NC(=O)CCCC. The van der Waals surface area contributed by atoms with E-state index in [-0.39, 0.29) is 12.8 Å². The van der Waals surface area contributed by atoms with Crippen LogP contribution < -0.4 is 5.32 Å². The molecule has 0 saturated carbocycles. The van der Waals surface area contributed by atoms with Crippen LogP contribution in [-0.4, -0.2) is 29.6 Å². The standard InChI is InChI=1S/C18H30BrNO5/c1-4-5-11-15(21)20-18(23)25-17(14(2)3)24-16(22)12-9-7-6-8-10-13-19/h17H,2,4-13H2,1,3H3,(H,20,21,23). The molecule has 0 aliphatic heterocycles. The van der Waals surface area contributed by atoms with Crippen LogP contribution >= 0.6 is 15.9 Å². The lowest BCUT2D eigenvalue weighted by molar-refractivity contribution is -0.162. The van der Waals surface area contributed by atoms with Gasteiger partial charge in [0.15, 0.2) is 0 Å². The predicted octanol–water partition coefficient (Wildman–Crippen LogP) is 4.61. The highest BCUT2D eigenvalue weighted by molar-refractivity contribution is 9.09. The molecular formula is C18H30BrNO5. The molecule has 1 atom stereocenters. The minimum Gasteiger partial charge on any atom is -0.421 e. The molecule has 0 fully saturated rings. The van der Waals surface area contributed by atoms with E-state index in [1.807, 2.05) is 6.92 Å². The van der Waals surface area contributed by atoms with Gasteiger partial charge in [-0.2, -0.15) is 0 Å². The van der Waals surface area contributed by atoms with Gasteiger partial charge in [0.25, 0.3) is 6.29 Å². The van der Waals surface area contributed by atoms with E-state index in [9.17, 15) is 14.4 Å². The van der Waals surface area contributed by atoms with Gasteiger partial charge in [-0.25, -0.2) is 4.79 Å². The van der Waals surface area contributed by atoms with Crippen LogP contribution in [0, 0.1) is 0 Å². The predicted molar refractivity (Wildman–Crippen MR) is 100 cm³/mol. The Morgan fingerprint density at radius 2 is 1.64 bits per heavy atom. The van der Waals surface area contributed by atoms with Gasteiger partial charge in [0.05, 0.1) is 0 Å². The molecule has 1 N–H and O–H groups in total. The summed E-state index contributed by atoms with van der Waals surface area (Å²) in [6.45, 7) is 7.18. The Morgan fingerprint density at radius 3 is 2.24 bits per heavy atom. The molecule has 0 aromatic heterocycles. The average Bonchev–Trinajstić information content (AvgIpc) is 2.55. The Hall–Kier alpha value is -1.37. The van der Waals surface area contributed by atoms with Crippen molar-refractivity contribution >= 4 is 33.9 Å². The highest BCUT2D eigenvalue weighted by Gasteiger charge is 2.20. The summed E-state index contributed by atoms with van der Waals surface area (Å²) in [6.07, 6.45) is 4.94. The van der Waals surface area contributed by atoms with Gasteiger partial charge in [0, 0.05) is 23.7 Å². The molecule has 0 bridgehead atoms. The fourth-order valence-corrected chi connectivity index (χ4v) is 2.33. The van der Waals surface area contributed by atoms with Crippen molar-refractivity contribution in [3.8, 4) is 0 Å². The molecule has 0 heterocycles. The molecule has 7 heteroatoms. The van der Waals surface area contributed by atoms with Gasteiger partial charge < -0.3 is 9.47 Å². The molecule has 25 heavy (non-hydrogen) atoms. The van der Waals surface area contributed by atoms with Crippen molar-refractivity contribution in [3.63, 3.8) is 0 Å². The summed E-state index contributed by atoms with van der Waals surface area (Å²) >= 11 is 3.38. The number of imide groups is 1. The average molecular weight is 420 g/mol. The van der Waals surface area contributed by atoms with E-state index in [2.05, 4.69) is 27.8 Å². The molecular weight excluding hydrogens is 390 g/mol. The van der Waals surface area contributed by atoms with Gasteiger partial charge in [-0.15, -0.1) is 0 Å². The van der Waals surface area contributed by atoms with Gasteiger partial charge in [-0.05, 0) is 26.2 Å². The maximum atomic E-state index is 11.8. The fraction of sp³-hybridized carbons (Fsp3) is 0.722. The van der Waals surface area contributed by atoms with Crippen LogP contribution in [0.3, 0.4) is 0 Å². The van der Waals surface area contributed by atoms with Crippen molar-refractivity contribution in [2.24, 2.45) is 0 Å². The Bertz CT molecular complexity index is 439. The number of alkyl carbamates (subject to hydrolysis) is 1. The Balaban J connectivity index is 4.15. The third kappa shape index (κ3) is 13.6. The fourth-order valence-electron chi connectivity index (χ4n) is 1.94. The zero-order chi connectivity index (χ0) is 19.1. The number of hydrogen-bond acceptors (Lipinski definition) is 5. The summed E-state index contributed by atoms with van der Waals surface area (Å²) in [6, 6.07) is 0. The quantitative estimate of drug-likeness (QED) is 0.155. The minimum absolute atomic E-state index is 0.248. The number of alkyl halides is 1. The number of rotatable bonds is 13. The highest BCUT2D eigenvalue weighted by atomic mass is 79.9. The summed E-state index contributed by atoms with van der Waals surface area (Å²) in [4.78, 5) is 35.0. The van der Waals surface area contributed by atoms with E-state index in [4.69, 9.17) is 9.47 Å². The van der Waals surface area contributed by atoms with Crippen LogP contribution in [0.1, 0.15) is 71.6 Å². The van der Waals surface area contributed by atoms with Gasteiger partial charge >= 0.3 is 12.1 Å². The first-order valence-corrected chi connectivity index (χ1v) is 9.94. The number of halogens is 1. The van der Waals surface area contributed by atoms with Gasteiger partial charge in [0.1, 0.15) is 0 Å². The highest BCUT2D eigenvalue weighted by Crippen LogP contribution is 2.11. The molecule has 0 rings (SSSR count). The number of ether oxygens (including phenoxy) is 2. The first-order valence-electron chi connectivity index (χ1n) is 8.82. The van der Waals surface area contributed by atoms with Crippen LogP contribution in [0.4, 0.5) is 4.79 Å². The zero-order valence-corrected chi connectivity index (χ0v) is 16.9. The van der Waals surface area contributed by atoms with E-state index in [1.54, 1.807) is 6.92 Å². The van der Waals surface area contributed by atoms with Crippen molar-refractivity contribution in [2.45, 2.75) is 77.9 Å². The number of esters is 1. The Morgan fingerprint density at radius 1 is 1.00 bits per heavy atom. The van der Waals surface area contributed by atoms with Gasteiger partial charge in [0.2, 0.25) is 5.91 Å². The largest absolute Gasteiger partial charge is 0.421 e. The summed E-state index contributed by atoms with van der Waals surface area (Å²) in [5.41, 5.74) is 0.377. The van der Waals surface area contributed by atoms with Crippen LogP contribution in [0.2, 0.25) is 0 Å². The number of carbonyl (C=O) groups is 3. The van der Waals surface area contributed by atoms with Crippen LogP contribution in [0.15, 0.2) is 12.2 Å². The lowest BCUT2D eigenvalue weighted by Crippen LogP contribution is -2.35. The molecule has 0 aromatic rings. The summed E-state index contributed by atoms with van der Waals surface area (Å²) in [5.74, 6) is -0.860. The number of hydrogen-bond donors (Lipinski definition) is 1. The molecule has 0 aliphatic carbocycles. The smallest absolute Gasteiger partial charge is 0.417 e. The topological polar surface area (TPSA) is 81.7 Å². The van der Waals surface area contributed by atoms with Crippen molar-refractivity contribution in [1.82, 2.24) is 5.32 Å². The summed E-state index contributed by atoms with van der Waals surface area (Å²) < 4.78 is 10.1. The van der Waals surface area contributed by atoms with E-state index in [0.717, 1.165) is 43.9 Å². The maximum Gasteiger partial charge on any atom is 0.417 e. The first kappa shape index (κ1) is 23.6. The van der Waals surface area contributed by atoms with Crippen molar-refractivity contribution in [2.75, 3.05) is 5.33 Å². The number of nitrogens with one attached hydrogen (secondary N) is 1. The Labute approximate surface area is 158 Å². The third-order valence-electron chi connectivity index (χ3n) is 3.37. The molecule has 144 valence electrons. The second-order valence-electron chi connectivity index (χ2n) is 5.93. The molecule has 0 radical (unpaired) electrons. The third-order valence-corrected chi connectivity index (χ3v) is 3.93. The normalized spacial score (nSPS) is 11.5. The van der Waals surface area contributed by atoms with Crippen molar-refractivity contribution in [3.05, 3.63) is 12.2 Å². The van der Waals surface area contributed by atoms with Gasteiger partial charge in [-0.1, -0.05) is 55.1 Å². The molecule has 2 amide bonds. The second kappa shape index (κ2) is 14.9.